The average Bonchev–Trinajstić information content (AvgIpc) is 2.28. The van der Waals surface area contributed by atoms with Crippen LogP contribution in [0.15, 0.2) is 18.2 Å². The van der Waals surface area contributed by atoms with Gasteiger partial charge in [-0.3, -0.25) is 0 Å². The number of hydrogen-bond donors (Lipinski definition) is 0. The largest absolute Gasteiger partial charge is 0.489 e. The lowest BCUT2D eigenvalue weighted by Crippen LogP contribution is -2.34. The van der Waals surface area contributed by atoms with Gasteiger partial charge in [-0.05, 0) is 55.2 Å². The van der Waals surface area contributed by atoms with Crippen molar-refractivity contribution >= 4 is 0 Å². The normalized spacial score (nSPS) is 25.6. The van der Waals surface area contributed by atoms with Gasteiger partial charge in [0.1, 0.15) is 11.8 Å². The molecule has 1 aromatic carbocycles. The summed E-state index contributed by atoms with van der Waals surface area (Å²) in [5, 5.41) is 9.20. The predicted molar refractivity (Wildman–Crippen MR) is 77.1 cm³/mol. The molecule has 2 nitrogen and oxygen atoms in total. The molecule has 2 heteroatoms. The van der Waals surface area contributed by atoms with Crippen molar-refractivity contribution in [2.75, 3.05) is 0 Å². The van der Waals surface area contributed by atoms with Gasteiger partial charge in [-0.15, -0.1) is 0 Å². The van der Waals surface area contributed by atoms with Crippen LogP contribution in [0.5, 0.6) is 5.75 Å². The summed E-state index contributed by atoms with van der Waals surface area (Å²) in [4.78, 5) is 0. The van der Waals surface area contributed by atoms with Gasteiger partial charge in [0, 0.05) is 0 Å². The van der Waals surface area contributed by atoms with E-state index in [4.69, 9.17) is 4.74 Å². The van der Waals surface area contributed by atoms with Crippen LogP contribution in [0, 0.1) is 29.6 Å². The highest BCUT2D eigenvalue weighted by molar-refractivity contribution is 5.45. The van der Waals surface area contributed by atoms with Gasteiger partial charge in [0.05, 0.1) is 11.7 Å². The first kappa shape index (κ1) is 13.9. The maximum Gasteiger partial charge on any atom is 0.137 e. The lowest BCUT2D eigenvalue weighted by Gasteiger charge is -2.38. The van der Waals surface area contributed by atoms with Gasteiger partial charge in [-0.25, -0.2) is 0 Å². The number of ether oxygens (including phenoxy) is 1. The summed E-state index contributed by atoms with van der Waals surface area (Å²) in [5.41, 5.74) is 2.08. The molecular formula is C17H23NO. The second-order valence-electron chi connectivity index (χ2n) is 6.76. The van der Waals surface area contributed by atoms with E-state index in [1.807, 2.05) is 25.1 Å². The zero-order valence-electron chi connectivity index (χ0n) is 12.4. The van der Waals surface area contributed by atoms with Gasteiger partial charge < -0.3 is 4.74 Å². The van der Waals surface area contributed by atoms with Gasteiger partial charge in [-0.1, -0.05) is 26.8 Å². The monoisotopic (exact) mass is 257 g/mol. The molecule has 0 bridgehead atoms. The molecule has 2 unspecified atom stereocenters. The number of aryl methyl sites for hydroxylation is 1. The van der Waals surface area contributed by atoms with E-state index in [2.05, 4.69) is 26.8 Å². The van der Waals surface area contributed by atoms with E-state index in [-0.39, 0.29) is 6.10 Å². The number of nitrogens with zero attached hydrogens (tertiary/aromatic N) is 1. The maximum absolute atomic E-state index is 9.20. The van der Waals surface area contributed by atoms with E-state index in [1.165, 1.54) is 6.42 Å². The molecule has 0 radical (unpaired) electrons. The molecule has 0 N–H and O–H groups in total. The highest BCUT2D eigenvalue weighted by Crippen LogP contribution is 2.40. The van der Waals surface area contributed by atoms with Crippen LogP contribution in [0.1, 0.15) is 51.2 Å². The van der Waals surface area contributed by atoms with E-state index in [9.17, 15) is 5.26 Å². The van der Waals surface area contributed by atoms with Crippen molar-refractivity contribution < 1.29 is 4.74 Å². The Bertz CT molecular complexity index is 498. The second-order valence-corrected chi connectivity index (χ2v) is 6.76. The van der Waals surface area contributed by atoms with Crippen LogP contribution >= 0.6 is 0 Å². The van der Waals surface area contributed by atoms with E-state index >= 15 is 0 Å². The van der Waals surface area contributed by atoms with Crippen LogP contribution in [0.2, 0.25) is 0 Å². The SMILES string of the molecule is Cc1ccc(OC2CC(C)CC(C)(C)C2)c(C#N)c1. The summed E-state index contributed by atoms with van der Waals surface area (Å²) >= 11 is 0. The summed E-state index contributed by atoms with van der Waals surface area (Å²) < 4.78 is 6.12. The van der Waals surface area contributed by atoms with Crippen molar-refractivity contribution in [1.29, 1.82) is 5.26 Å². The Morgan fingerprint density at radius 2 is 2.05 bits per heavy atom. The summed E-state index contributed by atoms with van der Waals surface area (Å²) in [6.07, 6.45) is 3.64. The van der Waals surface area contributed by atoms with Crippen molar-refractivity contribution in [3.63, 3.8) is 0 Å². The third-order valence-corrected chi connectivity index (χ3v) is 3.90. The van der Waals surface area contributed by atoms with E-state index in [0.717, 1.165) is 24.2 Å². The molecular weight excluding hydrogens is 234 g/mol. The molecule has 0 amide bonds. The highest BCUT2D eigenvalue weighted by Gasteiger charge is 2.33. The summed E-state index contributed by atoms with van der Waals surface area (Å²) in [7, 11) is 0. The molecule has 0 aromatic heterocycles. The summed E-state index contributed by atoms with van der Waals surface area (Å²) in [5.74, 6) is 1.42. The number of rotatable bonds is 2. The third kappa shape index (κ3) is 3.50. The van der Waals surface area contributed by atoms with Crippen LogP contribution in [0.3, 0.4) is 0 Å². The lowest BCUT2D eigenvalue weighted by molar-refractivity contribution is 0.0560. The minimum atomic E-state index is 0.230. The van der Waals surface area contributed by atoms with Crippen LogP contribution in [0.4, 0.5) is 0 Å². The summed E-state index contributed by atoms with van der Waals surface area (Å²) in [6.45, 7) is 8.90. The number of benzene rings is 1. The molecule has 102 valence electrons. The van der Waals surface area contributed by atoms with Gasteiger partial charge in [0.25, 0.3) is 0 Å². The average molecular weight is 257 g/mol. The fourth-order valence-electron chi connectivity index (χ4n) is 3.36. The molecule has 0 spiro atoms. The topological polar surface area (TPSA) is 33.0 Å². The Morgan fingerprint density at radius 1 is 1.32 bits per heavy atom. The van der Waals surface area contributed by atoms with E-state index < -0.39 is 0 Å². The van der Waals surface area contributed by atoms with Gasteiger partial charge >= 0.3 is 0 Å². The lowest BCUT2D eigenvalue weighted by atomic mass is 9.71. The van der Waals surface area contributed by atoms with Crippen LogP contribution in [0.25, 0.3) is 0 Å². The second kappa shape index (κ2) is 5.25. The van der Waals surface area contributed by atoms with Gasteiger partial charge in [-0.2, -0.15) is 5.26 Å². The molecule has 1 saturated carbocycles. The Balaban J connectivity index is 2.15. The first-order valence-corrected chi connectivity index (χ1v) is 7.07. The minimum absolute atomic E-state index is 0.230. The molecule has 1 aromatic rings. The highest BCUT2D eigenvalue weighted by atomic mass is 16.5. The summed E-state index contributed by atoms with van der Waals surface area (Å²) in [6, 6.07) is 8.07. The first-order valence-electron chi connectivity index (χ1n) is 7.07. The standard InChI is InChI=1S/C17H23NO/c1-12-5-6-16(14(7-12)11-18)19-15-8-13(2)9-17(3,4)10-15/h5-7,13,15H,8-10H2,1-4H3. The van der Waals surface area contributed by atoms with Gasteiger partial charge in [0.2, 0.25) is 0 Å². The minimum Gasteiger partial charge on any atom is -0.489 e. The zero-order valence-corrected chi connectivity index (χ0v) is 12.4. The molecule has 0 saturated heterocycles. The molecule has 2 rings (SSSR count). The smallest absolute Gasteiger partial charge is 0.137 e. The van der Waals surface area contributed by atoms with Crippen LogP contribution in [-0.4, -0.2) is 6.10 Å². The Labute approximate surface area is 116 Å². The molecule has 1 fully saturated rings. The van der Waals surface area contributed by atoms with Crippen molar-refractivity contribution in [3.05, 3.63) is 29.3 Å². The number of hydrogen-bond acceptors (Lipinski definition) is 2. The Hall–Kier alpha value is -1.49. The molecule has 0 heterocycles. The molecule has 1 aliphatic rings. The molecule has 1 aliphatic carbocycles. The van der Waals surface area contributed by atoms with Gasteiger partial charge in [0.15, 0.2) is 0 Å². The van der Waals surface area contributed by atoms with Crippen molar-refractivity contribution in [3.8, 4) is 11.8 Å². The van der Waals surface area contributed by atoms with E-state index in [0.29, 0.717) is 16.9 Å². The van der Waals surface area contributed by atoms with Crippen molar-refractivity contribution in [1.82, 2.24) is 0 Å². The van der Waals surface area contributed by atoms with Crippen LogP contribution in [-0.2, 0) is 0 Å². The Kier molecular flexibility index (Phi) is 3.85. The molecule has 19 heavy (non-hydrogen) atoms. The molecule has 2 atom stereocenters. The maximum atomic E-state index is 9.20. The quantitative estimate of drug-likeness (QED) is 0.783. The molecule has 0 aliphatic heterocycles. The third-order valence-electron chi connectivity index (χ3n) is 3.90. The Morgan fingerprint density at radius 3 is 2.68 bits per heavy atom. The fraction of sp³-hybridized carbons (Fsp3) is 0.588. The van der Waals surface area contributed by atoms with Crippen molar-refractivity contribution in [2.45, 2.75) is 53.1 Å². The first-order chi connectivity index (χ1) is 8.89. The predicted octanol–water partition coefficient (Wildman–Crippen LogP) is 4.46. The van der Waals surface area contributed by atoms with Crippen molar-refractivity contribution in [2.24, 2.45) is 11.3 Å². The zero-order chi connectivity index (χ0) is 14.0. The number of nitriles is 1. The van der Waals surface area contributed by atoms with Crippen LogP contribution < -0.4 is 4.74 Å². The fourth-order valence-corrected chi connectivity index (χ4v) is 3.36. The van der Waals surface area contributed by atoms with E-state index in [1.54, 1.807) is 0 Å².